The van der Waals surface area contributed by atoms with Crippen LogP contribution in [0.2, 0.25) is 0 Å². The minimum atomic E-state index is -5.01. The van der Waals surface area contributed by atoms with Gasteiger partial charge in [-0.3, -0.25) is 37.3 Å². The van der Waals surface area contributed by atoms with Crippen molar-refractivity contribution < 1.29 is 80.2 Å². The van der Waals surface area contributed by atoms with Crippen LogP contribution in [0, 0.1) is 0 Å². The van der Waals surface area contributed by atoms with Crippen molar-refractivity contribution in [3.63, 3.8) is 0 Å². The van der Waals surface area contributed by atoms with E-state index in [1.807, 2.05) is 12.2 Å². The summed E-state index contributed by atoms with van der Waals surface area (Å²) in [4.78, 5) is 73.2. The van der Waals surface area contributed by atoms with E-state index >= 15 is 0 Å². The summed E-state index contributed by atoms with van der Waals surface area (Å²) < 4.78 is 68.7. The van der Waals surface area contributed by atoms with E-state index in [1.54, 1.807) is 0 Å². The second-order valence-electron chi connectivity index (χ2n) is 26.9. The molecule has 5 unspecified atom stereocenters. The van der Waals surface area contributed by atoms with Crippen molar-refractivity contribution in [1.82, 2.24) is 0 Å². The number of rotatable bonds is 76. The van der Waals surface area contributed by atoms with Crippen LogP contribution in [-0.4, -0.2) is 96.7 Å². The van der Waals surface area contributed by atoms with E-state index in [0.717, 1.165) is 212 Å². The molecule has 0 aromatic rings. The smallest absolute Gasteiger partial charge is 0.462 e. The molecule has 0 bridgehead atoms. The van der Waals surface area contributed by atoms with Gasteiger partial charge < -0.3 is 33.8 Å². The molecule has 0 saturated carbocycles. The van der Waals surface area contributed by atoms with E-state index in [-0.39, 0.29) is 25.7 Å². The van der Waals surface area contributed by atoms with Gasteiger partial charge in [0.15, 0.2) is 12.2 Å². The van der Waals surface area contributed by atoms with Crippen LogP contribution in [0.15, 0.2) is 194 Å². The van der Waals surface area contributed by atoms with Crippen LogP contribution in [0.25, 0.3) is 0 Å². The maximum Gasteiger partial charge on any atom is 0.472 e. The van der Waals surface area contributed by atoms with Gasteiger partial charge in [-0.2, -0.15) is 0 Å². The summed E-state index contributed by atoms with van der Waals surface area (Å²) in [6, 6.07) is 0. The maximum atomic E-state index is 13.1. The highest BCUT2D eigenvalue weighted by Gasteiger charge is 2.30. The van der Waals surface area contributed by atoms with Crippen molar-refractivity contribution in [3.05, 3.63) is 194 Å². The molecule has 0 aromatic heterocycles. The highest BCUT2D eigenvalue weighted by molar-refractivity contribution is 7.47. The van der Waals surface area contributed by atoms with Crippen molar-refractivity contribution in [2.45, 2.75) is 316 Å². The average Bonchev–Trinajstić information content (AvgIpc) is 0.904. The van der Waals surface area contributed by atoms with E-state index in [2.05, 4.69) is 210 Å². The Bertz CT molecular complexity index is 2850. The number of aliphatic hydroxyl groups excluding tert-OH is 1. The second-order valence-corrected chi connectivity index (χ2v) is 29.8. The van der Waals surface area contributed by atoms with Gasteiger partial charge in [0.1, 0.15) is 19.3 Å². The molecule has 110 heavy (non-hydrogen) atoms. The number of carbonyl (C=O) groups excluding carboxylic acids is 4. The van der Waals surface area contributed by atoms with Crippen LogP contribution in [0.3, 0.4) is 0 Å². The standard InChI is InChI=1S/C91H146O17P2/c1-5-9-13-17-21-25-29-33-37-41-42-46-48-52-56-60-64-68-72-76-89(94)102-82-87(108-91(96)78-74-70-66-62-58-54-50-45-40-36-32-28-24-20-16-12-8-4)84-106-110(99,100)104-80-85(92)79-103-109(97,98)105-83-86(107-90(95)77-73-69-65-61-57-53-49-44-39-35-31-27-23-19-15-11-7-3)81-101-88(93)75-71-67-63-59-55-51-47-43-38-34-30-26-22-18-14-10-6-2/h9-16,21-28,33-40,42,46-47,49,51,53,59,63,85-87,92H,5-8,17-20,29-32,41,43-45,48,50,52,54-58,60-62,64-84H2,1-4H3,(H,97,98)(H,99,100)/b13-9-,14-10-,15-11-,16-12-,25-21-,26-22-,27-23-,28-24-,37-33-,38-34-,39-35-,40-36-,46-42-,51-47-,53-49-,63-59-. The fraction of sp³-hybridized carbons (Fsp3) is 0.604. The molecule has 0 aliphatic carbocycles. The zero-order chi connectivity index (χ0) is 80.3. The zero-order valence-electron chi connectivity index (χ0n) is 68.1. The molecule has 0 fully saturated rings. The molecule has 3 N–H and O–H groups in total. The number of phosphoric ester groups is 2. The maximum absolute atomic E-state index is 13.1. The molecule has 0 aromatic carbocycles. The topological polar surface area (TPSA) is 237 Å². The molecule has 0 aliphatic rings. The highest BCUT2D eigenvalue weighted by atomic mass is 31.2. The first-order chi connectivity index (χ1) is 53.7. The number of ether oxygens (including phenoxy) is 4. The quantitative estimate of drug-likeness (QED) is 0.0169. The van der Waals surface area contributed by atoms with Gasteiger partial charge in [0.05, 0.1) is 26.4 Å². The fourth-order valence-electron chi connectivity index (χ4n) is 10.4. The normalized spacial score (nSPS) is 14.8. The average molecular weight is 1570 g/mol. The largest absolute Gasteiger partial charge is 0.472 e. The lowest BCUT2D eigenvalue weighted by Crippen LogP contribution is -2.30. The number of hydrogen-bond donors (Lipinski definition) is 3. The molecule has 17 nitrogen and oxygen atoms in total. The molecule has 0 spiro atoms. The Morgan fingerprint density at radius 3 is 0.718 bits per heavy atom. The Kier molecular flexibility index (Phi) is 76.4. The molecule has 622 valence electrons. The molecule has 0 saturated heterocycles. The minimum absolute atomic E-state index is 0.0468. The first kappa shape index (κ1) is 104. The van der Waals surface area contributed by atoms with E-state index in [4.69, 9.17) is 37.0 Å². The van der Waals surface area contributed by atoms with Crippen LogP contribution >= 0.6 is 15.6 Å². The van der Waals surface area contributed by atoms with Gasteiger partial charge in [-0.25, -0.2) is 9.13 Å². The number of carbonyl (C=O) groups is 4. The lowest BCUT2D eigenvalue weighted by molar-refractivity contribution is -0.161. The molecular weight excluding hydrogens is 1430 g/mol. The first-order valence-electron chi connectivity index (χ1n) is 41.7. The number of unbranched alkanes of at least 4 members (excludes halogenated alkanes) is 18. The summed E-state index contributed by atoms with van der Waals surface area (Å²) in [5.41, 5.74) is 0. The Morgan fingerprint density at radius 1 is 0.255 bits per heavy atom. The molecule has 0 heterocycles. The summed E-state index contributed by atoms with van der Waals surface area (Å²) in [5.74, 6) is -2.31. The van der Waals surface area contributed by atoms with Crippen molar-refractivity contribution in [1.29, 1.82) is 0 Å². The van der Waals surface area contributed by atoms with Crippen LogP contribution < -0.4 is 0 Å². The molecule has 0 radical (unpaired) electrons. The van der Waals surface area contributed by atoms with E-state index in [9.17, 15) is 43.2 Å². The van der Waals surface area contributed by atoms with Crippen molar-refractivity contribution in [2.24, 2.45) is 0 Å². The summed E-state index contributed by atoms with van der Waals surface area (Å²) in [6.07, 6.45) is 99.7. The fourth-order valence-corrected chi connectivity index (χ4v) is 11.9. The Labute approximate surface area is 666 Å². The van der Waals surface area contributed by atoms with Crippen molar-refractivity contribution in [2.75, 3.05) is 39.6 Å². The Hall–Kier alpha value is -6.10. The first-order valence-corrected chi connectivity index (χ1v) is 44.7. The van der Waals surface area contributed by atoms with Gasteiger partial charge in [0, 0.05) is 25.7 Å². The van der Waals surface area contributed by atoms with Gasteiger partial charge in [-0.1, -0.05) is 293 Å². The zero-order valence-corrected chi connectivity index (χ0v) is 69.9. The van der Waals surface area contributed by atoms with Gasteiger partial charge in [-0.05, 0) is 173 Å². The van der Waals surface area contributed by atoms with Crippen LogP contribution in [-0.2, 0) is 65.4 Å². The van der Waals surface area contributed by atoms with E-state index in [0.29, 0.717) is 32.1 Å². The number of esters is 4. The van der Waals surface area contributed by atoms with E-state index in [1.165, 1.54) is 0 Å². The van der Waals surface area contributed by atoms with Crippen LogP contribution in [0.4, 0.5) is 0 Å². The summed E-state index contributed by atoms with van der Waals surface area (Å²) in [5, 5.41) is 10.7. The predicted molar refractivity (Wildman–Crippen MR) is 454 cm³/mol. The van der Waals surface area contributed by atoms with Crippen LogP contribution in [0.5, 0.6) is 0 Å². The summed E-state index contributed by atoms with van der Waals surface area (Å²) in [6.45, 7) is 4.30. The van der Waals surface area contributed by atoms with Crippen LogP contribution in [0.1, 0.15) is 297 Å². The number of aliphatic hydroxyl groups is 1. The molecule has 5 atom stereocenters. The van der Waals surface area contributed by atoms with Gasteiger partial charge in [0.2, 0.25) is 0 Å². The number of hydrogen-bond acceptors (Lipinski definition) is 15. The van der Waals surface area contributed by atoms with E-state index < -0.39 is 97.5 Å². The molecule has 19 heteroatoms. The highest BCUT2D eigenvalue weighted by Crippen LogP contribution is 2.45. The third kappa shape index (κ3) is 80.0. The third-order valence-electron chi connectivity index (χ3n) is 16.5. The molecule has 0 aliphatic heterocycles. The molecule has 0 rings (SSSR count). The van der Waals surface area contributed by atoms with Gasteiger partial charge in [0.25, 0.3) is 0 Å². The number of allylic oxidation sites excluding steroid dienone is 32. The monoisotopic (exact) mass is 1570 g/mol. The summed E-state index contributed by atoms with van der Waals surface area (Å²) in [7, 11) is -10.0. The molecular formula is C91H146O17P2. The van der Waals surface area contributed by atoms with Gasteiger partial charge >= 0.3 is 39.5 Å². The minimum Gasteiger partial charge on any atom is -0.462 e. The summed E-state index contributed by atoms with van der Waals surface area (Å²) >= 11 is 0. The lowest BCUT2D eigenvalue weighted by atomic mass is 10.1. The third-order valence-corrected chi connectivity index (χ3v) is 18.4. The van der Waals surface area contributed by atoms with Gasteiger partial charge in [-0.15, -0.1) is 0 Å². The number of phosphoric acid groups is 2. The molecule has 0 amide bonds. The van der Waals surface area contributed by atoms with Crippen molar-refractivity contribution >= 4 is 39.5 Å². The Morgan fingerprint density at radius 2 is 0.455 bits per heavy atom. The Balaban J connectivity index is 5.49. The second kappa shape index (κ2) is 80.9. The SMILES string of the molecule is CC/C=C\C/C=C\C/C=C\C/C=C\C/C=C\CCCC(=O)OCC(COP(=O)(O)OCC(O)COP(=O)(O)OCC(COC(=O)CCCCCCCC/C=C\C/C=C\C/C=C\C/C=C\CC)OC(=O)CCCCCCCCC/C=C\C/C=C\C/C=C\CC)OC(=O)CCCCCC/C=C\C/C=C\C/C=C\C/C=C\CC. The predicted octanol–water partition coefficient (Wildman–Crippen LogP) is 24.9. The van der Waals surface area contributed by atoms with Crippen molar-refractivity contribution in [3.8, 4) is 0 Å². The lowest BCUT2D eigenvalue weighted by Gasteiger charge is -2.21.